The SMILES string of the molecule is COc1cccc2c1C=[N+](c1cccc(C(F)(F)F)c1)CC2.[Br-]. The van der Waals surface area contributed by atoms with E-state index in [4.69, 9.17) is 4.74 Å². The number of fused-ring (bicyclic) bond motifs is 1. The van der Waals surface area contributed by atoms with Crippen LogP contribution in [0.1, 0.15) is 16.7 Å². The molecule has 0 N–H and O–H groups in total. The largest absolute Gasteiger partial charge is 1.00 e. The molecule has 1 heterocycles. The molecule has 0 saturated heterocycles. The number of ether oxygens (including phenoxy) is 1. The third-order valence-corrected chi connectivity index (χ3v) is 3.79. The Morgan fingerprint density at radius 2 is 1.83 bits per heavy atom. The van der Waals surface area contributed by atoms with Gasteiger partial charge in [0.1, 0.15) is 5.75 Å². The summed E-state index contributed by atoms with van der Waals surface area (Å²) in [6.07, 6.45) is -1.71. The maximum atomic E-state index is 12.8. The molecule has 0 aromatic heterocycles. The molecule has 23 heavy (non-hydrogen) atoms. The summed E-state index contributed by atoms with van der Waals surface area (Å²) < 4.78 is 45.7. The van der Waals surface area contributed by atoms with Gasteiger partial charge in [-0.05, 0) is 17.7 Å². The lowest BCUT2D eigenvalue weighted by Gasteiger charge is -2.15. The summed E-state index contributed by atoms with van der Waals surface area (Å²) in [7, 11) is 1.59. The van der Waals surface area contributed by atoms with Crippen molar-refractivity contribution in [1.82, 2.24) is 0 Å². The molecular formula is C17H15BrF3NO. The summed E-state index contributed by atoms with van der Waals surface area (Å²) in [6, 6.07) is 11.2. The Kier molecular flexibility index (Phi) is 5.14. The first-order chi connectivity index (χ1) is 10.5. The molecule has 0 spiro atoms. The molecule has 3 rings (SSSR count). The predicted octanol–water partition coefficient (Wildman–Crippen LogP) is 1.04. The molecule has 0 bridgehead atoms. The van der Waals surface area contributed by atoms with E-state index >= 15 is 0 Å². The van der Waals surface area contributed by atoms with Crippen molar-refractivity contribution < 1.29 is 39.5 Å². The fourth-order valence-corrected chi connectivity index (χ4v) is 2.66. The summed E-state index contributed by atoms with van der Waals surface area (Å²) in [5, 5.41) is 0. The molecule has 0 saturated carbocycles. The van der Waals surface area contributed by atoms with Crippen LogP contribution in [0.3, 0.4) is 0 Å². The molecule has 2 nitrogen and oxygen atoms in total. The van der Waals surface area contributed by atoms with Crippen LogP contribution >= 0.6 is 0 Å². The van der Waals surface area contributed by atoms with Crippen molar-refractivity contribution in [2.45, 2.75) is 12.6 Å². The normalized spacial score (nSPS) is 13.7. The van der Waals surface area contributed by atoms with Gasteiger partial charge in [-0.1, -0.05) is 18.2 Å². The molecule has 0 aliphatic carbocycles. The topological polar surface area (TPSA) is 12.2 Å². The van der Waals surface area contributed by atoms with Crippen LogP contribution in [0.5, 0.6) is 5.75 Å². The summed E-state index contributed by atoms with van der Waals surface area (Å²) in [5.74, 6) is 0.731. The molecule has 0 unspecified atom stereocenters. The van der Waals surface area contributed by atoms with Crippen molar-refractivity contribution in [2.75, 3.05) is 13.7 Å². The van der Waals surface area contributed by atoms with Crippen LogP contribution in [-0.4, -0.2) is 24.4 Å². The Bertz CT molecular complexity index is 741. The van der Waals surface area contributed by atoms with Crippen molar-refractivity contribution in [2.24, 2.45) is 0 Å². The van der Waals surface area contributed by atoms with E-state index in [0.29, 0.717) is 12.2 Å². The molecule has 1 aliphatic heterocycles. The van der Waals surface area contributed by atoms with Gasteiger partial charge in [0, 0.05) is 18.6 Å². The fourth-order valence-electron chi connectivity index (χ4n) is 2.66. The molecule has 0 atom stereocenters. The van der Waals surface area contributed by atoms with E-state index in [1.54, 1.807) is 13.2 Å². The number of rotatable bonds is 2. The zero-order chi connectivity index (χ0) is 15.7. The first kappa shape index (κ1) is 17.5. The van der Waals surface area contributed by atoms with E-state index in [2.05, 4.69) is 0 Å². The standard InChI is InChI=1S/C17H15F3NO.BrH/c1-22-16-7-2-4-12-8-9-21(11-15(12)16)14-6-3-5-13(10-14)17(18,19)20;/h2-7,10-11H,8-9H2,1H3;1H/q+1;/p-1. The van der Waals surface area contributed by atoms with Gasteiger partial charge in [-0.15, -0.1) is 0 Å². The van der Waals surface area contributed by atoms with Crippen molar-refractivity contribution in [3.05, 3.63) is 59.2 Å². The molecule has 0 amide bonds. The lowest BCUT2D eigenvalue weighted by Crippen LogP contribution is -3.00. The average molecular weight is 386 g/mol. The highest BCUT2D eigenvalue weighted by atomic mass is 79.9. The molecule has 1 aliphatic rings. The maximum Gasteiger partial charge on any atom is 0.416 e. The first-order valence-corrected chi connectivity index (χ1v) is 6.93. The minimum absolute atomic E-state index is 0. The quantitative estimate of drug-likeness (QED) is 0.703. The fraction of sp³-hybridized carbons (Fsp3) is 0.235. The van der Waals surface area contributed by atoms with Crippen LogP contribution in [-0.2, 0) is 12.6 Å². The third kappa shape index (κ3) is 3.58. The molecule has 2 aromatic carbocycles. The van der Waals surface area contributed by atoms with E-state index in [0.717, 1.165) is 29.4 Å². The van der Waals surface area contributed by atoms with Crippen LogP contribution in [0.4, 0.5) is 18.9 Å². The number of hydrogen-bond donors (Lipinski definition) is 0. The second kappa shape index (κ2) is 6.74. The van der Waals surface area contributed by atoms with E-state index < -0.39 is 11.7 Å². The smallest absolute Gasteiger partial charge is 0.416 e. The number of benzene rings is 2. The summed E-state index contributed by atoms with van der Waals surface area (Å²) in [5.41, 5.74) is 1.96. The molecule has 2 aromatic rings. The van der Waals surface area contributed by atoms with Crippen LogP contribution in [0, 0.1) is 0 Å². The lowest BCUT2D eigenvalue weighted by molar-refractivity contribution is -0.436. The van der Waals surface area contributed by atoms with E-state index in [9.17, 15) is 13.2 Å². The van der Waals surface area contributed by atoms with E-state index in [-0.39, 0.29) is 17.0 Å². The minimum Gasteiger partial charge on any atom is -1.00 e. The van der Waals surface area contributed by atoms with Crippen LogP contribution in [0.2, 0.25) is 0 Å². The minimum atomic E-state index is -4.33. The van der Waals surface area contributed by atoms with Gasteiger partial charge in [0.25, 0.3) is 0 Å². The Labute approximate surface area is 143 Å². The Balaban J connectivity index is 0.00000192. The molecular weight excluding hydrogens is 371 g/mol. The number of alkyl halides is 3. The number of hydrogen-bond acceptors (Lipinski definition) is 1. The van der Waals surface area contributed by atoms with Crippen molar-refractivity contribution in [1.29, 1.82) is 0 Å². The Morgan fingerprint density at radius 3 is 2.52 bits per heavy atom. The lowest BCUT2D eigenvalue weighted by atomic mass is 10.0. The summed E-state index contributed by atoms with van der Waals surface area (Å²) in [6.45, 7) is 0.640. The van der Waals surface area contributed by atoms with Crippen molar-refractivity contribution >= 4 is 11.9 Å². The van der Waals surface area contributed by atoms with Gasteiger partial charge >= 0.3 is 6.18 Å². The number of methoxy groups -OCH3 is 1. The van der Waals surface area contributed by atoms with Gasteiger partial charge < -0.3 is 21.7 Å². The van der Waals surface area contributed by atoms with Gasteiger partial charge in [-0.2, -0.15) is 17.7 Å². The van der Waals surface area contributed by atoms with E-state index in [1.807, 2.05) is 29.0 Å². The highest BCUT2D eigenvalue weighted by molar-refractivity contribution is 5.83. The van der Waals surface area contributed by atoms with Crippen LogP contribution in [0.15, 0.2) is 42.5 Å². The second-order valence-corrected chi connectivity index (χ2v) is 5.15. The number of nitrogens with zero attached hydrogens (tertiary/aromatic N) is 1. The average Bonchev–Trinajstić information content (AvgIpc) is 2.53. The Hall–Kier alpha value is -1.82. The molecule has 6 heteroatoms. The van der Waals surface area contributed by atoms with Gasteiger partial charge in [0.2, 0.25) is 5.69 Å². The van der Waals surface area contributed by atoms with E-state index in [1.165, 1.54) is 12.1 Å². The summed E-state index contributed by atoms with van der Waals surface area (Å²) in [4.78, 5) is 0. The van der Waals surface area contributed by atoms with Crippen molar-refractivity contribution in [3.63, 3.8) is 0 Å². The zero-order valence-electron chi connectivity index (χ0n) is 12.4. The zero-order valence-corrected chi connectivity index (χ0v) is 14.0. The number of halogens is 4. The summed E-state index contributed by atoms with van der Waals surface area (Å²) >= 11 is 0. The maximum absolute atomic E-state index is 12.8. The molecule has 0 radical (unpaired) electrons. The van der Waals surface area contributed by atoms with Crippen LogP contribution in [0.25, 0.3) is 0 Å². The van der Waals surface area contributed by atoms with Gasteiger partial charge in [0.05, 0.1) is 18.2 Å². The van der Waals surface area contributed by atoms with Gasteiger partial charge in [0.15, 0.2) is 12.8 Å². The highest BCUT2D eigenvalue weighted by Crippen LogP contribution is 2.32. The predicted molar refractivity (Wildman–Crippen MR) is 78.1 cm³/mol. The Morgan fingerprint density at radius 1 is 1.09 bits per heavy atom. The molecule has 122 valence electrons. The van der Waals surface area contributed by atoms with Gasteiger partial charge in [-0.25, -0.2) is 0 Å². The second-order valence-electron chi connectivity index (χ2n) is 5.15. The van der Waals surface area contributed by atoms with Gasteiger partial charge in [-0.3, -0.25) is 0 Å². The third-order valence-electron chi connectivity index (χ3n) is 3.79. The van der Waals surface area contributed by atoms with Crippen LogP contribution < -0.4 is 21.7 Å². The monoisotopic (exact) mass is 385 g/mol. The highest BCUT2D eigenvalue weighted by Gasteiger charge is 2.32. The first-order valence-electron chi connectivity index (χ1n) is 6.93. The molecule has 0 fully saturated rings. The van der Waals surface area contributed by atoms with Crippen molar-refractivity contribution in [3.8, 4) is 5.75 Å².